The standard InChI is InChI=1S/C98H72BN5O/c1-97(2,3)66-52-63(53-67(58-66)98(4,5)6)65-56-89-95-90(57-65)104(96-71(62-30-12-8-13-31-62)48-51-92-94(96)77-39-21-27-45-91(77)105-92)86-60-70(102-82-42-24-18-36-74(82)75-37-19-25-43-83(75)102)47-50-79(86)99(95)78-49-46-69(101-80-40-22-16-34-72(80)73-35-17-23-41-81(73)101)59-85(78)103(89)88-55-64(61-28-10-7-11-29-61)54-87-93(88)76-38-20-26-44-84(76)100(87)68-32-14-9-15-33-68/h7-60H,1-6H3/i16D,17D,18D,19D,22D,23D,24D,25D,34D,35D,36D,37D,40D,41D,42D,43D. The van der Waals surface area contributed by atoms with Gasteiger partial charge in [-0.2, -0.15) is 0 Å². The third kappa shape index (κ3) is 9.23. The molecule has 0 saturated heterocycles. The Hall–Kier alpha value is -12.8. The number of rotatable bonds is 8. The molecule has 0 aliphatic carbocycles. The van der Waals surface area contributed by atoms with E-state index < -0.39 is 103 Å². The SMILES string of the molecule is [2H]c1c([2H])c([2H])c2c(c1[2H])c1c([2H])c([2H])c([2H])c([2H])c1n2-c1ccc2c(c1)N(c1c(-c3ccccc3)ccc3oc4ccccc4c13)c1cc(-c3cc(C(C)(C)C)cc(C(C)(C)C)c3)cc3c1B2c1ccc(-n2c4c([2H])c([2H])c([2H])c([2H])c4c4c([2H])c([2H])c([2H])c([2H])c42)cc1N3c1cc(-c2ccccc2)cc2c1c1ccccc1n2-c1ccccc1. The Kier molecular flexibility index (Phi) is 10.1. The molecule has 2 aliphatic rings. The largest absolute Gasteiger partial charge is 0.456 e. The Balaban J connectivity index is 1.00. The average molecular weight is 1360 g/mol. The molecule has 498 valence electrons. The molecule has 15 aromatic carbocycles. The van der Waals surface area contributed by atoms with E-state index in [0.717, 1.165) is 93.9 Å². The Morgan fingerprint density at radius 2 is 0.762 bits per heavy atom. The molecule has 7 heteroatoms. The fourth-order valence-electron chi connectivity index (χ4n) is 16.7. The lowest BCUT2D eigenvalue weighted by Crippen LogP contribution is -2.61. The highest BCUT2D eigenvalue weighted by molar-refractivity contribution is 7.00. The van der Waals surface area contributed by atoms with E-state index in [2.05, 4.69) is 159 Å². The number of fused-ring (bicyclic) bond motifs is 16. The summed E-state index contributed by atoms with van der Waals surface area (Å²) in [5.41, 5.74) is 16.9. The van der Waals surface area contributed by atoms with E-state index in [9.17, 15) is 16.4 Å². The normalized spacial score (nSPS) is 15.1. The molecule has 0 radical (unpaired) electrons. The van der Waals surface area contributed by atoms with Crippen LogP contribution < -0.4 is 26.2 Å². The summed E-state index contributed by atoms with van der Waals surface area (Å²) in [5, 5.41) is 2.99. The van der Waals surface area contributed by atoms with E-state index in [1.807, 2.05) is 127 Å². The van der Waals surface area contributed by atoms with E-state index in [-0.39, 0.29) is 54.4 Å². The van der Waals surface area contributed by atoms with Crippen LogP contribution in [0.2, 0.25) is 0 Å². The molecule has 0 atom stereocenters. The molecule has 4 aromatic heterocycles. The summed E-state index contributed by atoms with van der Waals surface area (Å²) < 4.78 is 165. The van der Waals surface area contributed by atoms with E-state index >= 15 is 0 Å². The number of benzene rings is 15. The highest BCUT2D eigenvalue weighted by Gasteiger charge is 2.46. The predicted molar refractivity (Wildman–Crippen MR) is 444 cm³/mol. The van der Waals surface area contributed by atoms with Gasteiger partial charge in [0.05, 0.1) is 71.8 Å². The van der Waals surface area contributed by atoms with Gasteiger partial charge in [0.1, 0.15) is 11.2 Å². The van der Waals surface area contributed by atoms with Gasteiger partial charge in [0.25, 0.3) is 6.71 Å². The first-order valence-electron chi connectivity index (χ1n) is 43.4. The maximum atomic E-state index is 9.95. The minimum Gasteiger partial charge on any atom is -0.456 e. The van der Waals surface area contributed by atoms with Crippen LogP contribution in [0.1, 0.15) is 74.6 Å². The third-order valence-corrected chi connectivity index (χ3v) is 21.6. The van der Waals surface area contributed by atoms with Crippen molar-refractivity contribution in [3.63, 3.8) is 0 Å². The topological polar surface area (TPSA) is 34.4 Å². The van der Waals surface area contributed by atoms with Gasteiger partial charge in [-0.25, -0.2) is 0 Å². The van der Waals surface area contributed by atoms with Gasteiger partial charge in [0, 0.05) is 83.1 Å². The number of hydrogen-bond acceptors (Lipinski definition) is 3. The summed E-state index contributed by atoms with van der Waals surface area (Å²) in [7, 11) is 0. The number of hydrogen-bond donors (Lipinski definition) is 0. The molecule has 0 saturated carbocycles. The first kappa shape index (κ1) is 46.6. The second kappa shape index (κ2) is 22.8. The quantitative estimate of drug-likeness (QED) is 0.142. The van der Waals surface area contributed by atoms with Crippen molar-refractivity contribution in [3.05, 3.63) is 338 Å². The van der Waals surface area contributed by atoms with Crippen LogP contribution in [-0.4, -0.2) is 20.4 Å². The number of para-hydroxylation sites is 7. The van der Waals surface area contributed by atoms with Gasteiger partial charge in [-0.3, -0.25) is 0 Å². The van der Waals surface area contributed by atoms with Crippen LogP contribution in [-0.2, 0) is 10.8 Å². The lowest BCUT2D eigenvalue weighted by atomic mass is 9.33. The van der Waals surface area contributed by atoms with Crippen LogP contribution in [0.25, 0.3) is 138 Å². The molecule has 0 unspecified atom stereocenters. The summed E-state index contributed by atoms with van der Waals surface area (Å²) in [6.07, 6.45) is 0. The molecular weight excluding hydrogens is 1270 g/mol. The maximum absolute atomic E-state index is 9.95. The Labute approximate surface area is 632 Å². The van der Waals surface area contributed by atoms with Crippen molar-refractivity contribution < 1.29 is 26.3 Å². The van der Waals surface area contributed by atoms with Gasteiger partial charge < -0.3 is 27.9 Å². The zero-order valence-corrected chi connectivity index (χ0v) is 58.2. The minimum atomic E-state index is -0.815. The first-order chi connectivity index (χ1) is 58.0. The highest BCUT2D eigenvalue weighted by Crippen LogP contribution is 2.55. The fraction of sp³-hybridized carbons (Fsp3) is 0.0816. The average Bonchev–Trinajstić information content (AvgIpc) is 1.69. The number of anilines is 6. The molecule has 105 heavy (non-hydrogen) atoms. The van der Waals surface area contributed by atoms with E-state index in [0.29, 0.717) is 61.9 Å². The summed E-state index contributed by atoms with van der Waals surface area (Å²) in [5.74, 6) is 0. The van der Waals surface area contributed by atoms with Crippen LogP contribution in [0.3, 0.4) is 0 Å². The van der Waals surface area contributed by atoms with Crippen molar-refractivity contribution in [3.8, 4) is 50.4 Å². The zero-order chi connectivity index (χ0) is 84.1. The van der Waals surface area contributed by atoms with Gasteiger partial charge in [0.2, 0.25) is 0 Å². The second-order valence-corrected chi connectivity index (χ2v) is 29.6. The van der Waals surface area contributed by atoms with E-state index in [1.54, 1.807) is 9.13 Å². The lowest BCUT2D eigenvalue weighted by molar-refractivity contribution is 0.569. The monoisotopic (exact) mass is 1360 g/mol. The second-order valence-electron chi connectivity index (χ2n) is 29.6. The van der Waals surface area contributed by atoms with Crippen LogP contribution >= 0.6 is 0 Å². The Morgan fingerprint density at radius 1 is 0.305 bits per heavy atom. The first-order valence-corrected chi connectivity index (χ1v) is 35.4. The van der Waals surface area contributed by atoms with Gasteiger partial charge in [-0.1, -0.05) is 260 Å². The van der Waals surface area contributed by atoms with Gasteiger partial charge in [0.15, 0.2) is 0 Å². The van der Waals surface area contributed by atoms with E-state index in [1.165, 1.54) is 0 Å². The van der Waals surface area contributed by atoms with Crippen molar-refractivity contribution in [1.29, 1.82) is 0 Å². The van der Waals surface area contributed by atoms with E-state index in [4.69, 9.17) is 9.90 Å². The minimum absolute atomic E-state index is 0.0609. The molecule has 0 N–H and O–H groups in total. The van der Waals surface area contributed by atoms with Gasteiger partial charge in [-0.05, 0) is 175 Å². The fourth-order valence-corrected chi connectivity index (χ4v) is 16.7. The summed E-state index contributed by atoms with van der Waals surface area (Å²) >= 11 is 0. The lowest BCUT2D eigenvalue weighted by Gasteiger charge is -2.45. The van der Waals surface area contributed by atoms with Crippen molar-refractivity contribution >= 4 is 145 Å². The van der Waals surface area contributed by atoms with Crippen molar-refractivity contribution in [1.82, 2.24) is 13.7 Å². The molecule has 21 rings (SSSR count). The smallest absolute Gasteiger partial charge is 0.252 e. The molecule has 6 heterocycles. The molecule has 0 fully saturated rings. The van der Waals surface area contributed by atoms with Crippen molar-refractivity contribution in [2.24, 2.45) is 0 Å². The van der Waals surface area contributed by atoms with Crippen LogP contribution in [0.5, 0.6) is 0 Å². The molecule has 6 nitrogen and oxygen atoms in total. The Morgan fingerprint density at radius 3 is 1.33 bits per heavy atom. The zero-order valence-electron chi connectivity index (χ0n) is 74.2. The number of aromatic nitrogens is 3. The van der Waals surface area contributed by atoms with Gasteiger partial charge >= 0.3 is 0 Å². The Bertz CT molecular complexity index is 7650. The summed E-state index contributed by atoms with van der Waals surface area (Å²) in [6, 6.07) is 70.3. The molecular formula is C98H72BN5O. The summed E-state index contributed by atoms with van der Waals surface area (Å²) in [6.45, 7) is 12.5. The maximum Gasteiger partial charge on any atom is 0.252 e. The summed E-state index contributed by atoms with van der Waals surface area (Å²) in [4.78, 5) is 4.63. The molecule has 2 aliphatic heterocycles. The van der Waals surface area contributed by atoms with Crippen LogP contribution in [0, 0.1) is 0 Å². The van der Waals surface area contributed by atoms with Crippen LogP contribution in [0.15, 0.2) is 332 Å². The molecule has 0 amide bonds. The van der Waals surface area contributed by atoms with Crippen molar-refractivity contribution in [2.75, 3.05) is 9.80 Å². The van der Waals surface area contributed by atoms with Gasteiger partial charge in [-0.15, -0.1) is 0 Å². The molecule has 0 spiro atoms. The van der Waals surface area contributed by atoms with Crippen molar-refractivity contribution in [2.45, 2.75) is 52.4 Å². The number of nitrogens with zero attached hydrogens (tertiary/aromatic N) is 5. The predicted octanol–water partition coefficient (Wildman–Crippen LogP) is 24.6. The highest BCUT2D eigenvalue weighted by atomic mass is 16.3. The third-order valence-electron chi connectivity index (χ3n) is 21.6. The number of furan rings is 1. The molecule has 19 aromatic rings. The molecule has 0 bridgehead atoms. The van der Waals surface area contributed by atoms with Crippen LogP contribution in [0.4, 0.5) is 34.1 Å².